The molecule has 0 aromatic carbocycles. The Balaban J connectivity index is -0.0000000198. The topological polar surface area (TPSA) is 625 Å². The second kappa shape index (κ2) is 36.3. The fourth-order valence-electron chi connectivity index (χ4n) is 0. The second-order valence-corrected chi connectivity index (χ2v) is 8.57. The summed E-state index contributed by atoms with van der Waals surface area (Å²) in [5, 5.41) is 0. The van der Waals surface area contributed by atoms with Crippen molar-refractivity contribution in [3.63, 3.8) is 0 Å². The van der Waals surface area contributed by atoms with E-state index >= 15 is 0 Å². The molecule has 41 heteroatoms. The van der Waals surface area contributed by atoms with E-state index in [1.807, 2.05) is 0 Å². The summed E-state index contributed by atoms with van der Waals surface area (Å²) in [6.07, 6.45) is 0. The first-order valence-corrected chi connectivity index (χ1v) is 14.0. The molecular formula is H4Al2O30S7Zr2. The summed E-state index contributed by atoms with van der Waals surface area (Å²) in [4.78, 5) is 0. The Morgan fingerprint density at radius 2 is 0.220 bits per heavy atom. The van der Waals surface area contributed by atoms with E-state index in [4.69, 9.17) is 123 Å². The van der Waals surface area contributed by atoms with Gasteiger partial charge in [0.25, 0.3) is 0 Å². The fraction of sp³-hybridized carbons (Fsp3) is 0. The Kier molecular flexibility index (Phi) is 74.6. The Labute approximate surface area is 290 Å². The van der Waals surface area contributed by atoms with E-state index in [9.17, 15) is 0 Å². The van der Waals surface area contributed by atoms with Crippen LogP contribution >= 0.6 is 0 Å². The van der Waals surface area contributed by atoms with Gasteiger partial charge in [0.1, 0.15) is 0 Å². The average molecular weight is 945 g/mol. The van der Waals surface area contributed by atoms with Crippen LogP contribution in [0, 0.1) is 0 Å². The van der Waals surface area contributed by atoms with Crippen LogP contribution in [-0.2, 0) is 125 Å². The van der Waals surface area contributed by atoms with Crippen LogP contribution in [0.5, 0.6) is 0 Å². The van der Waals surface area contributed by atoms with Crippen molar-refractivity contribution in [3.05, 3.63) is 0 Å². The normalized spacial score (nSPS) is 9.90. The SMILES string of the molecule is O.O.O=S(=O)([O-])[O-].O=S(=O)([O-])[O-].O=S(=O)([O-])[O-].O=S(=O)([O-])[O-].O=S(=O)([O-])[O-].O=S(=O)([O-])[O-].O=S(=O)([O-])[O-].[Al+3].[Al+3].[Zr+4].[Zr+4]. The molecule has 0 spiro atoms. The van der Waals surface area contributed by atoms with E-state index in [0.717, 1.165) is 0 Å². The van der Waals surface area contributed by atoms with Gasteiger partial charge in [-0.1, -0.05) is 0 Å². The van der Waals surface area contributed by atoms with Crippen LogP contribution in [0.2, 0.25) is 0 Å². The van der Waals surface area contributed by atoms with Crippen LogP contribution < -0.4 is 0 Å². The molecule has 0 saturated heterocycles. The van der Waals surface area contributed by atoms with Crippen molar-refractivity contribution >= 4 is 108 Å². The zero-order valence-corrected chi connectivity index (χ0v) is 30.4. The van der Waals surface area contributed by atoms with E-state index in [1.54, 1.807) is 0 Å². The summed E-state index contributed by atoms with van der Waals surface area (Å²) in [6.45, 7) is 0. The van der Waals surface area contributed by atoms with Gasteiger partial charge in [0.2, 0.25) is 0 Å². The molecule has 0 saturated carbocycles. The van der Waals surface area contributed by atoms with E-state index in [0.29, 0.717) is 0 Å². The van der Waals surface area contributed by atoms with Crippen LogP contribution in [0.25, 0.3) is 0 Å². The summed E-state index contributed by atoms with van der Waals surface area (Å²) in [6, 6.07) is 0. The van der Waals surface area contributed by atoms with Gasteiger partial charge in [-0.3, -0.25) is 58.9 Å². The van der Waals surface area contributed by atoms with Crippen molar-refractivity contribution < 1.29 is 186 Å². The van der Waals surface area contributed by atoms with Crippen LogP contribution in [0.15, 0.2) is 0 Å². The third-order valence-electron chi connectivity index (χ3n) is 0. The molecule has 0 aromatic rings. The smallest absolute Gasteiger partial charge is 0.759 e. The van der Waals surface area contributed by atoms with Gasteiger partial charge in [-0.25, -0.2) is 0 Å². The van der Waals surface area contributed by atoms with Gasteiger partial charge in [0, 0.05) is 72.8 Å². The third-order valence-corrected chi connectivity index (χ3v) is 0. The predicted octanol–water partition coefficient (Wildman–Crippen LogP) is -11.8. The van der Waals surface area contributed by atoms with Gasteiger partial charge in [-0.15, -0.1) is 0 Å². The largest absolute Gasteiger partial charge is 4.00 e. The Morgan fingerprint density at radius 1 is 0.220 bits per heavy atom. The number of hydrogen-bond donors (Lipinski definition) is 0. The number of hydrogen-bond acceptors (Lipinski definition) is 28. The fourth-order valence-corrected chi connectivity index (χ4v) is 0. The molecule has 240 valence electrons. The van der Waals surface area contributed by atoms with E-state index < -0.39 is 72.8 Å². The molecule has 4 N–H and O–H groups in total. The Morgan fingerprint density at radius 3 is 0.220 bits per heavy atom. The van der Waals surface area contributed by atoms with Crippen LogP contribution in [-0.4, -0.2) is 168 Å². The quantitative estimate of drug-likeness (QED) is 0.124. The molecule has 0 unspecified atom stereocenters. The van der Waals surface area contributed by atoms with Gasteiger partial charge in [0.15, 0.2) is 0 Å². The minimum absolute atomic E-state index is 0. The van der Waals surface area contributed by atoms with Gasteiger partial charge in [0.05, 0.1) is 0 Å². The molecule has 41 heavy (non-hydrogen) atoms. The van der Waals surface area contributed by atoms with Crippen molar-refractivity contribution in [2.45, 2.75) is 0 Å². The molecule has 0 atom stereocenters. The minimum Gasteiger partial charge on any atom is -0.759 e. The van der Waals surface area contributed by atoms with Gasteiger partial charge in [-0.05, 0) is 0 Å². The Bertz CT molecular complexity index is 926. The van der Waals surface area contributed by atoms with Gasteiger partial charge < -0.3 is 74.7 Å². The first-order chi connectivity index (χ1) is 14.0. The molecule has 30 nitrogen and oxygen atoms in total. The van der Waals surface area contributed by atoms with E-state index in [2.05, 4.69) is 0 Å². The monoisotopic (exact) mass is 941 g/mol. The van der Waals surface area contributed by atoms with Crippen molar-refractivity contribution in [2.24, 2.45) is 0 Å². The second-order valence-electron chi connectivity index (χ2n) is 2.86. The summed E-state index contributed by atoms with van der Waals surface area (Å²) in [5.41, 5.74) is 0. The summed E-state index contributed by atoms with van der Waals surface area (Å²) >= 11 is 0. The average Bonchev–Trinajstić information content (AvgIpc) is 2.06. The summed E-state index contributed by atoms with van der Waals surface area (Å²) in [7, 11) is -36.2. The maximum atomic E-state index is 8.52. The first kappa shape index (κ1) is 84.2. The van der Waals surface area contributed by atoms with Crippen molar-refractivity contribution in [1.82, 2.24) is 0 Å². The predicted molar refractivity (Wildman–Crippen MR) is 92.1 cm³/mol. The zero-order chi connectivity index (χ0) is 31.5. The molecule has 0 aromatic heterocycles. The Hall–Kier alpha value is 1.84. The minimum atomic E-state index is -5.17. The first-order valence-electron chi connectivity index (χ1n) is 4.67. The zero-order valence-electron chi connectivity index (χ0n) is 17.4. The molecule has 0 radical (unpaired) electrons. The maximum absolute atomic E-state index is 8.52. The van der Waals surface area contributed by atoms with Crippen molar-refractivity contribution in [1.29, 1.82) is 0 Å². The molecule has 0 aliphatic rings. The molecular weight excluding hydrogens is 941 g/mol. The molecule has 0 fully saturated rings. The molecule has 0 rings (SSSR count). The molecule has 0 amide bonds. The molecule has 0 aliphatic heterocycles. The van der Waals surface area contributed by atoms with E-state index in [1.165, 1.54) is 0 Å². The number of rotatable bonds is 0. The molecule has 0 heterocycles. The molecule has 0 bridgehead atoms. The van der Waals surface area contributed by atoms with E-state index in [-0.39, 0.29) is 98.1 Å². The van der Waals surface area contributed by atoms with Gasteiger partial charge in [-0.2, -0.15) is 0 Å². The summed E-state index contributed by atoms with van der Waals surface area (Å²) in [5.74, 6) is 0. The van der Waals surface area contributed by atoms with Crippen LogP contribution in [0.3, 0.4) is 0 Å². The van der Waals surface area contributed by atoms with Crippen molar-refractivity contribution in [3.8, 4) is 0 Å². The standard InChI is InChI=1S/2Al.7H2O4S.2H2O.2Zr/c;;7*1-5(2,3)4;;;;/h;;7*(H2,1,2,3,4);2*1H2;;/q2*+3;;;;;;;;;;2*+4/p-14. The molecule has 0 aliphatic carbocycles. The third kappa shape index (κ3) is 19600. The summed E-state index contributed by atoms with van der Waals surface area (Å²) < 4.78 is 239. The van der Waals surface area contributed by atoms with Crippen molar-refractivity contribution in [2.75, 3.05) is 0 Å². The maximum Gasteiger partial charge on any atom is 4.00 e. The van der Waals surface area contributed by atoms with Crippen LogP contribution in [0.4, 0.5) is 0 Å². The van der Waals surface area contributed by atoms with Crippen LogP contribution in [0.1, 0.15) is 0 Å². The van der Waals surface area contributed by atoms with Gasteiger partial charge >= 0.3 is 87.1 Å².